The largest absolute Gasteiger partial charge is 0.488 e. The topological polar surface area (TPSA) is 26.3 Å². The third-order valence-electron chi connectivity index (χ3n) is 2.47. The molecule has 2 radical (unpaired) electrons. The highest BCUT2D eigenvalue weighted by Gasteiger charge is 2.03. The molecule has 0 aliphatic rings. The van der Waals surface area contributed by atoms with Crippen molar-refractivity contribution in [3.8, 4) is 5.75 Å². The first-order valence-corrected chi connectivity index (χ1v) is 5.41. The predicted molar refractivity (Wildman–Crippen MR) is 67.9 cm³/mol. The molecule has 0 N–H and O–H groups in total. The zero-order valence-corrected chi connectivity index (χ0v) is 9.60. The summed E-state index contributed by atoms with van der Waals surface area (Å²) < 4.78 is 18.2. The second-order valence-corrected chi connectivity index (χ2v) is 3.83. The highest BCUT2D eigenvalue weighted by atomic mass is 19.1. The molecule has 2 aromatic carbocycles. The Morgan fingerprint density at radius 2 is 1.89 bits per heavy atom. The first kappa shape index (κ1) is 12.4. The second-order valence-electron chi connectivity index (χ2n) is 3.83. The van der Waals surface area contributed by atoms with Crippen LogP contribution in [0.25, 0.3) is 0 Å². The van der Waals surface area contributed by atoms with Gasteiger partial charge in [0, 0.05) is 0 Å². The Morgan fingerprint density at radius 3 is 2.56 bits per heavy atom. The Hall–Kier alpha value is -2.10. The van der Waals surface area contributed by atoms with E-state index >= 15 is 0 Å². The van der Waals surface area contributed by atoms with Crippen molar-refractivity contribution in [1.29, 1.82) is 0 Å². The van der Waals surface area contributed by atoms with Crippen molar-refractivity contribution < 1.29 is 13.9 Å². The van der Waals surface area contributed by atoms with E-state index in [-0.39, 0.29) is 12.4 Å². The van der Waals surface area contributed by atoms with Crippen molar-refractivity contribution in [3.63, 3.8) is 0 Å². The normalized spacial score (nSPS) is 10.1. The summed E-state index contributed by atoms with van der Waals surface area (Å²) in [6.45, 7) is 0.269. The number of carbonyl (C=O) groups excluding carboxylic acids is 1. The summed E-state index contributed by atoms with van der Waals surface area (Å²) >= 11 is 0. The van der Waals surface area contributed by atoms with Gasteiger partial charge >= 0.3 is 0 Å². The summed E-state index contributed by atoms with van der Waals surface area (Å²) in [5.41, 5.74) is 1.73. The molecule has 18 heavy (non-hydrogen) atoms. The van der Waals surface area contributed by atoms with Gasteiger partial charge in [0.05, 0.1) is 5.56 Å². The molecular formula is C14H10BFO2. The van der Waals surface area contributed by atoms with E-state index in [0.29, 0.717) is 23.1 Å². The lowest BCUT2D eigenvalue weighted by Gasteiger charge is -2.09. The van der Waals surface area contributed by atoms with Crippen molar-refractivity contribution in [2.75, 3.05) is 0 Å². The molecule has 0 unspecified atom stereocenters. The van der Waals surface area contributed by atoms with E-state index < -0.39 is 0 Å². The summed E-state index contributed by atoms with van der Waals surface area (Å²) in [4.78, 5) is 10.9. The van der Waals surface area contributed by atoms with Gasteiger partial charge in [0.1, 0.15) is 26.0 Å². The van der Waals surface area contributed by atoms with E-state index in [4.69, 9.17) is 12.6 Å². The molecule has 0 saturated carbocycles. The smallest absolute Gasteiger partial charge is 0.153 e. The SMILES string of the molecule is [B]c1ccc(OCc2ccc(F)cc2)c(C=O)c1. The maximum absolute atomic E-state index is 12.7. The second kappa shape index (κ2) is 5.49. The van der Waals surface area contributed by atoms with E-state index in [1.807, 2.05) is 0 Å². The van der Waals surface area contributed by atoms with Crippen LogP contribution in [-0.2, 0) is 6.61 Å². The van der Waals surface area contributed by atoms with Gasteiger partial charge in [0.2, 0.25) is 0 Å². The fourth-order valence-corrected chi connectivity index (χ4v) is 1.53. The van der Waals surface area contributed by atoms with Crippen LogP contribution in [0.2, 0.25) is 0 Å². The molecular weight excluding hydrogens is 230 g/mol. The Morgan fingerprint density at radius 1 is 1.17 bits per heavy atom. The van der Waals surface area contributed by atoms with Crippen molar-refractivity contribution in [2.24, 2.45) is 0 Å². The zero-order chi connectivity index (χ0) is 13.0. The lowest BCUT2D eigenvalue weighted by molar-refractivity contribution is 0.111. The molecule has 0 aliphatic heterocycles. The van der Waals surface area contributed by atoms with Crippen LogP contribution < -0.4 is 10.2 Å². The Balaban J connectivity index is 2.10. The average molecular weight is 240 g/mol. The number of rotatable bonds is 4. The number of halogens is 1. The minimum absolute atomic E-state index is 0.269. The van der Waals surface area contributed by atoms with E-state index in [9.17, 15) is 9.18 Å². The van der Waals surface area contributed by atoms with Gasteiger partial charge in [-0.25, -0.2) is 4.39 Å². The average Bonchev–Trinajstić information content (AvgIpc) is 2.39. The lowest BCUT2D eigenvalue weighted by atomic mass is 9.94. The van der Waals surface area contributed by atoms with Gasteiger partial charge in [0.15, 0.2) is 6.29 Å². The van der Waals surface area contributed by atoms with E-state index in [0.717, 1.165) is 5.56 Å². The molecule has 4 heteroatoms. The molecule has 0 bridgehead atoms. The maximum Gasteiger partial charge on any atom is 0.153 e. The van der Waals surface area contributed by atoms with Gasteiger partial charge in [-0.15, -0.1) is 0 Å². The number of carbonyl (C=O) groups is 1. The quantitative estimate of drug-likeness (QED) is 0.603. The third-order valence-corrected chi connectivity index (χ3v) is 2.47. The summed E-state index contributed by atoms with van der Waals surface area (Å²) in [5.74, 6) is 0.170. The van der Waals surface area contributed by atoms with Gasteiger partial charge < -0.3 is 4.74 Å². The molecule has 0 atom stereocenters. The number of benzene rings is 2. The zero-order valence-electron chi connectivity index (χ0n) is 9.60. The fourth-order valence-electron chi connectivity index (χ4n) is 1.53. The summed E-state index contributed by atoms with van der Waals surface area (Å²) in [7, 11) is 5.57. The van der Waals surface area contributed by atoms with Crippen LogP contribution in [0.1, 0.15) is 15.9 Å². The summed E-state index contributed by atoms with van der Waals surface area (Å²) in [5, 5.41) is 0. The Labute approximate surface area is 106 Å². The van der Waals surface area contributed by atoms with Crippen LogP contribution in [-0.4, -0.2) is 14.1 Å². The van der Waals surface area contributed by atoms with Gasteiger partial charge in [-0.1, -0.05) is 29.7 Å². The first-order valence-electron chi connectivity index (χ1n) is 5.41. The maximum atomic E-state index is 12.7. The van der Waals surface area contributed by atoms with Crippen LogP contribution in [0, 0.1) is 5.82 Å². The molecule has 0 spiro atoms. The van der Waals surface area contributed by atoms with Crippen molar-refractivity contribution >= 4 is 19.6 Å². The van der Waals surface area contributed by atoms with E-state index in [1.165, 1.54) is 12.1 Å². The summed E-state index contributed by atoms with van der Waals surface area (Å²) in [6.07, 6.45) is 0.691. The monoisotopic (exact) mass is 240 g/mol. The van der Waals surface area contributed by atoms with Crippen LogP contribution in [0.15, 0.2) is 42.5 Å². The highest BCUT2D eigenvalue weighted by Crippen LogP contribution is 2.16. The first-order chi connectivity index (χ1) is 8.69. The number of ether oxygens (including phenoxy) is 1. The fraction of sp³-hybridized carbons (Fsp3) is 0.0714. The molecule has 2 aromatic rings. The van der Waals surface area contributed by atoms with Crippen molar-refractivity contribution in [3.05, 3.63) is 59.4 Å². The minimum Gasteiger partial charge on any atom is -0.488 e. The van der Waals surface area contributed by atoms with Gasteiger partial charge in [-0.3, -0.25) is 4.79 Å². The van der Waals surface area contributed by atoms with Crippen LogP contribution >= 0.6 is 0 Å². The predicted octanol–water partition coefficient (Wildman–Crippen LogP) is 2.01. The number of hydrogen-bond acceptors (Lipinski definition) is 2. The highest BCUT2D eigenvalue weighted by molar-refractivity contribution is 6.32. The lowest BCUT2D eigenvalue weighted by Crippen LogP contribution is -2.05. The van der Waals surface area contributed by atoms with Gasteiger partial charge in [0.25, 0.3) is 0 Å². The Bertz CT molecular complexity index is 552. The number of hydrogen-bond donors (Lipinski definition) is 0. The molecule has 2 rings (SSSR count). The van der Waals surface area contributed by atoms with Crippen LogP contribution in [0.5, 0.6) is 5.75 Å². The molecule has 88 valence electrons. The Kier molecular flexibility index (Phi) is 3.77. The molecule has 0 heterocycles. The molecule has 0 aliphatic carbocycles. The number of aldehydes is 1. The molecule has 2 nitrogen and oxygen atoms in total. The molecule has 0 amide bonds. The van der Waals surface area contributed by atoms with E-state index in [2.05, 4.69) is 0 Å². The van der Waals surface area contributed by atoms with Crippen molar-refractivity contribution in [1.82, 2.24) is 0 Å². The van der Waals surface area contributed by atoms with Crippen molar-refractivity contribution in [2.45, 2.75) is 6.61 Å². The molecule has 0 aromatic heterocycles. The van der Waals surface area contributed by atoms with Crippen LogP contribution in [0.3, 0.4) is 0 Å². The minimum atomic E-state index is -0.292. The standard InChI is InChI=1S/C14H10BFO2/c15-12-3-6-14(11(7-12)8-17)18-9-10-1-4-13(16)5-2-10/h1-8H,9H2. The molecule has 0 saturated heterocycles. The van der Waals surface area contributed by atoms with E-state index in [1.54, 1.807) is 30.3 Å². The van der Waals surface area contributed by atoms with Crippen LogP contribution in [0.4, 0.5) is 4.39 Å². The third kappa shape index (κ3) is 2.97. The molecule has 0 fully saturated rings. The van der Waals surface area contributed by atoms with Gasteiger partial charge in [-0.2, -0.15) is 0 Å². The van der Waals surface area contributed by atoms with Gasteiger partial charge in [-0.05, 0) is 23.8 Å². The summed E-state index contributed by atoms with van der Waals surface area (Å²) in [6, 6.07) is 10.8.